The minimum Gasteiger partial charge on any atom is -0.465 e. The Morgan fingerprint density at radius 2 is 2.16 bits per heavy atom. The second kappa shape index (κ2) is 7.08. The van der Waals surface area contributed by atoms with Crippen LogP contribution in [0.3, 0.4) is 0 Å². The van der Waals surface area contributed by atoms with Gasteiger partial charge < -0.3 is 19.7 Å². The third kappa shape index (κ3) is 4.97. The molecule has 1 fully saturated rings. The maximum atomic E-state index is 10.0. The van der Waals surface area contributed by atoms with E-state index in [9.17, 15) is 5.11 Å². The summed E-state index contributed by atoms with van der Waals surface area (Å²) < 4.78 is 5.47. The number of aliphatic hydroxyl groups is 1. The number of likely N-dealkylation sites (tertiary alicyclic amines) is 1. The smallest absolute Gasteiger partial charge is 0.117 e. The molecule has 1 aliphatic heterocycles. The molecule has 1 aliphatic rings. The van der Waals surface area contributed by atoms with Gasteiger partial charge in [-0.3, -0.25) is 0 Å². The third-order valence-corrected chi connectivity index (χ3v) is 3.82. The summed E-state index contributed by atoms with van der Waals surface area (Å²) in [5.41, 5.74) is 0. The van der Waals surface area contributed by atoms with Gasteiger partial charge in [0, 0.05) is 13.1 Å². The first-order chi connectivity index (χ1) is 9.13. The molecule has 1 unspecified atom stereocenters. The summed E-state index contributed by atoms with van der Waals surface area (Å²) in [6.07, 6.45) is 2.21. The number of furan rings is 1. The standard InChI is InChI=1S/C15H26N2O2/c1-12-5-7-17(8-6-12)11-14(18)9-16-10-15-4-3-13(2)19-15/h3-4,12,14,16,18H,5-11H2,1-2H3. The average Bonchev–Trinajstić information content (AvgIpc) is 2.78. The van der Waals surface area contributed by atoms with E-state index in [1.165, 1.54) is 12.8 Å². The largest absolute Gasteiger partial charge is 0.465 e. The number of aliphatic hydroxyl groups excluding tert-OH is 1. The Balaban J connectivity index is 1.60. The zero-order valence-corrected chi connectivity index (χ0v) is 12.1. The molecule has 0 bridgehead atoms. The molecule has 0 spiro atoms. The highest BCUT2D eigenvalue weighted by Crippen LogP contribution is 2.15. The van der Waals surface area contributed by atoms with Gasteiger partial charge in [-0.15, -0.1) is 0 Å². The van der Waals surface area contributed by atoms with Crippen LogP contribution in [0.15, 0.2) is 16.5 Å². The molecular formula is C15H26N2O2. The summed E-state index contributed by atoms with van der Waals surface area (Å²) in [5, 5.41) is 13.3. The molecule has 2 rings (SSSR count). The van der Waals surface area contributed by atoms with Crippen LogP contribution in [0.2, 0.25) is 0 Å². The van der Waals surface area contributed by atoms with Crippen molar-refractivity contribution < 1.29 is 9.52 Å². The van der Waals surface area contributed by atoms with Crippen molar-refractivity contribution in [3.63, 3.8) is 0 Å². The Morgan fingerprint density at radius 1 is 1.42 bits per heavy atom. The van der Waals surface area contributed by atoms with Gasteiger partial charge in [0.05, 0.1) is 12.6 Å². The zero-order valence-electron chi connectivity index (χ0n) is 12.1. The molecule has 108 valence electrons. The van der Waals surface area contributed by atoms with Gasteiger partial charge in [-0.25, -0.2) is 0 Å². The van der Waals surface area contributed by atoms with Crippen LogP contribution in [0.5, 0.6) is 0 Å². The monoisotopic (exact) mass is 266 g/mol. The molecule has 0 radical (unpaired) electrons. The molecule has 0 saturated carbocycles. The predicted octanol–water partition coefficient (Wildman–Crippen LogP) is 1.77. The van der Waals surface area contributed by atoms with Gasteiger partial charge in [-0.1, -0.05) is 6.92 Å². The minimum absolute atomic E-state index is 0.301. The number of piperidine rings is 1. The number of nitrogens with zero attached hydrogens (tertiary/aromatic N) is 1. The Labute approximate surface area is 115 Å². The van der Waals surface area contributed by atoms with E-state index in [0.717, 1.165) is 37.1 Å². The quantitative estimate of drug-likeness (QED) is 0.824. The van der Waals surface area contributed by atoms with Crippen LogP contribution in [0.25, 0.3) is 0 Å². The molecule has 2 N–H and O–H groups in total. The second-order valence-corrected chi connectivity index (χ2v) is 5.78. The highest BCUT2D eigenvalue weighted by molar-refractivity contribution is 5.05. The maximum Gasteiger partial charge on any atom is 0.117 e. The van der Waals surface area contributed by atoms with Crippen LogP contribution < -0.4 is 5.32 Å². The lowest BCUT2D eigenvalue weighted by Gasteiger charge is -2.31. The molecule has 0 aliphatic carbocycles. The van der Waals surface area contributed by atoms with Crippen molar-refractivity contribution in [2.75, 3.05) is 26.2 Å². The van der Waals surface area contributed by atoms with Gasteiger partial charge >= 0.3 is 0 Å². The van der Waals surface area contributed by atoms with Crippen LogP contribution >= 0.6 is 0 Å². The lowest BCUT2D eigenvalue weighted by molar-refractivity contribution is 0.0903. The number of hydrogen-bond acceptors (Lipinski definition) is 4. The lowest BCUT2D eigenvalue weighted by Crippen LogP contribution is -2.41. The van der Waals surface area contributed by atoms with E-state index >= 15 is 0 Å². The Morgan fingerprint density at radius 3 is 2.79 bits per heavy atom. The number of nitrogens with one attached hydrogen (secondary N) is 1. The molecule has 0 aromatic carbocycles. The topological polar surface area (TPSA) is 48.6 Å². The second-order valence-electron chi connectivity index (χ2n) is 5.78. The van der Waals surface area contributed by atoms with Crippen molar-refractivity contribution in [3.05, 3.63) is 23.7 Å². The van der Waals surface area contributed by atoms with Gasteiger partial charge in [0.15, 0.2) is 0 Å². The van der Waals surface area contributed by atoms with Gasteiger partial charge in [0.1, 0.15) is 11.5 Å². The van der Waals surface area contributed by atoms with Gasteiger partial charge in [-0.2, -0.15) is 0 Å². The summed E-state index contributed by atoms with van der Waals surface area (Å²) in [5.74, 6) is 2.70. The van der Waals surface area contributed by atoms with Gasteiger partial charge in [-0.05, 0) is 50.9 Å². The SMILES string of the molecule is Cc1ccc(CNCC(O)CN2CCC(C)CC2)o1. The normalized spacial score (nSPS) is 19.7. The first-order valence-electron chi connectivity index (χ1n) is 7.30. The number of aryl methyl sites for hydroxylation is 1. The summed E-state index contributed by atoms with van der Waals surface area (Å²) in [6, 6.07) is 3.93. The molecule has 4 heteroatoms. The predicted molar refractivity (Wildman–Crippen MR) is 76.0 cm³/mol. The summed E-state index contributed by atoms with van der Waals surface area (Å²) in [4.78, 5) is 2.36. The number of β-amino-alcohol motifs (C(OH)–C–C–N with tert-alkyl or cyclic N) is 1. The Bertz CT molecular complexity index is 370. The molecule has 2 heterocycles. The van der Waals surface area contributed by atoms with Crippen LogP contribution in [-0.2, 0) is 6.54 Å². The summed E-state index contributed by atoms with van der Waals surface area (Å²) in [6.45, 7) is 8.56. The summed E-state index contributed by atoms with van der Waals surface area (Å²) >= 11 is 0. The van der Waals surface area contributed by atoms with Crippen molar-refractivity contribution in [2.24, 2.45) is 5.92 Å². The van der Waals surface area contributed by atoms with Crippen molar-refractivity contribution in [1.29, 1.82) is 0 Å². The van der Waals surface area contributed by atoms with Crippen molar-refractivity contribution in [3.8, 4) is 0 Å². The highest BCUT2D eigenvalue weighted by atomic mass is 16.3. The summed E-state index contributed by atoms with van der Waals surface area (Å²) in [7, 11) is 0. The molecule has 0 amide bonds. The van der Waals surface area contributed by atoms with Crippen LogP contribution in [0, 0.1) is 12.8 Å². The van der Waals surface area contributed by atoms with Gasteiger partial charge in [0.25, 0.3) is 0 Å². The fourth-order valence-corrected chi connectivity index (χ4v) is 2.55. The molecule has 1 aromatic rings. The molecular weight excluding hydrogens is 240 g/mol. The van der Waals surface area contributed by atoms with Crippen LogP contribution in [0.4, 0.5) is 0 Å². The Kier molecular flexibility index (Phi) is 5.43. The van der Waals surface area contributed by atoms with E-state index in [2.05, 4.69) is 17.1 Å². The molecule has 1 saturated heterocycles. The van der Waals surface area contributed by atoms with E-state index in [1.807, 2.05) is 19.1 Å². The van der Waals surface area contributed by atoms with Crippen molar-refractivity contribution >= 4 is 0 Å². The average molecular weight is 266 g/mol. The fraction of sp³-hybridized carbons (Fsp3) is 0.733. The third-order valence-electron chi connectivity index (χ3n) is 3.82. The lowest BCUT2D eigenvalue weighted by atomic mass is 9.99. The van der Waals surface area contributed by atoms with E-state index in [1.54, 1.807) is 0 Å². The van der Waals surface area contributed by atoms with E-state index in [4.69, 9.17) is 4.42 Å². The fourth-order valence-electron chi connectivity index (χ4n) is 2.55. The number of rotatable bonds is 6. The number of hydrogen-bond donors (Lipinski definition) is 2. The molecule has 4 nitrogen and oxygen atoms in total. The van der Waals surface area contributed by atoms with Gasteiger partial charge in [0.2, 0.25) is 0 Å². The maximum absolute atomic E-state index is 10.0. The highest BCUT2D eigenvalue weighted by Gasteiger charge is 2.18. The van der Waals surface area contributed by atoms with Crippen LogP contribution in [0.1, 0.15) is 31.3 Å². The van der Waals surface area contributed by atoms with Crippen molar-refractivity contribution in [1.82, 2.24) is 10.2 Å². The molecule has 19 heavy (non-hydrogen) atoms. The van der Waals surface area contributed by atoms with Crippen molar-refractivity contribution in [2.45, 2.75) is 39.3 Å². The van der Waals surface area contributed by atoms with E-state index in [-0.39, 0.29) is 6.10 Å². The minimum atomic E-state index is -0.301. The molecule has 1 aromatic heterocycles. The first kappa shape index (κ1) is 14.6. The van der Waals surface area contributed by atoms with E-state index in [0.29, 0.717) is 13.1 Å². The van der Waals surface area contributed by atoms with E-state index < -0.39 is 0 Å². The zero-order chi connectivity index (χ0) is 13.7. The van der Waals surface area contributed by atoms with Crippen LogP contribution in [-0.4, -0.2) is 42.3 Å². The molecule has 1 atom stereocenters. The first-order valence-corrected chi connectivity index (χ1v) is 7.30. The Hall–Kier alpha value is -0.840.